The van der Waals surface area contributed by atoms with Crippen LogP contribution in [0.4, 0.5) is 0 Å². The summed E-state index contributed by atoms with van der Waals surface area (Å²) >= 11 is 0. The third kappa shape index (κ3) is 5.91. The molecule has 0 N–H and O–H groups in total. The van der Waals surface area contributed by atoms with Crippen LogP contribution in [0.3, 0.4) is 0 Å². The maximum atomic E-state index is 2.40. The van der Waals surface area contributed by atoms with Crippen molar-refractivity contribution >= 4 is 47.7 Å². The van der Waals surface area contributed by atoms with Crippen LogP contribution in [0.5, 0.6) is 0 Å². The van der Waals surface area contributed by atoms with E-state index < -0.39 is 15.8 Å². The first-order chi connectivity index (χ1) is 22.2. The lowest BCUT2D eigenvalue weighted by atomic mass is 10.1. The number of benzene rings is 6. The fraction of sp³-hybridized carbons (Fsp3) is 0.182. The minimum atomic E-state index is -0.820. The van der Waals surface area contributed by atoms with Crippen molar-refractivity contribution < 1.29 is 0 Å². The van der Waals surface area contributed by atoms with Crippen molar-refractivity contribution in [3.05, 3.63) is 166 Å². The molecule has 0 aromatic heterocycles. The molecule has 0 radical (unpaired) electrons. The summed E-state index contributed by atoms with van der Waals surface area (Å²) in [5.41, 5.74) is 13.7. The van der Waals surface area contributed by atoms with Crippen molar-refractivity contribution in [3.63, 3.8) is 0 Å². The Morgan fingerprint density at radius 2 is 0.500 bits per heavy atom. The van der Waals surface area contributed by atoms with Crippen LogP contribution in [-0.2, 0) is 0 Å². The Balaban J connectivity index is 1.67. The Hall–Kier alpha value is -3.82. The van der Waals surface area contributed by atoms with Gasteiger partial charge in [-0.2, -0.15) is 0 Å². The maximum Gasteiger partial charge on any atom is -0.00722 e. The van der Waals surface area contributed by atoms with E-state index in [1.54, 1.807) is 0 Å². The van der Waals surface area contributed by atoms with Gasteiger partial charge in [0.1, 0.15) is 0 Å². The second-order valence-corrected chi connectivity index (χ2v) is 16.8. The lowest BCUT2D eigenvalue weighted by molar-refractivity contribution is 1.36. The average molecular weight is 635 g/mol. The van der Waals surface area contributed by atoms with Gasteiger partial charge in [0.05, 0.1) is 0 Å². The van der Waals surface area contributed by atoms with Crippen LogP contribution in [0.25, 0.3) is 11.1 Å². The van der Waals surface area contributed by atoms with E-state index in [0.29, 0.717) is 0 Å². The van der Waals surface area contributed by atoms with E-state index in [2.05, 4.69) is 177 Å². The standard InChI is InChI=1S/C44H44P2/c1-29-17-13-25-39(33(29)5)45(40-26-14-18-30(2)34(40)6)43-23-11-9-21-37(43)38-22-10-12-24-44(38)46(41-27-15-19-31(3)35(41)7)42-28-16-20-32(4)36(42)8/h9-28H,1-8H3. The zero-order valence-electron chi connectivity index (χ0n) is 28.4. The Morgan fingerprint density at radius 1 is 0.261 bits per heavy atom. The first-order valence-electron chi connectivity index (χ1n) is 16.2. The molecule has 0 nitrogen and oxygen atoms in total. The molecule has 0 aliphatic carbocycles. The van der Waals surface area contributed by atoms with E-state index in [4.69, 9.17) is 0 Å². The molecule has 0 fully saturated rings. The molecule has 0 saturated carbocycles. The highest BCUT2D eigenvalue weighted by molar-refractivity contribution is 7.81. The molecule has 6 aromatic carbocycles. The molecule has 0 heterocycles. The Bertz CT molecular complexity index is 1800. The van der Waals surface area contributed by atoms with E-state index in [9.17, 15) is 0 Å². The SMILES string of the molecule is Cc1cccc(P(c2ccccc2-c2ccccc2P(c2cccc(C)c2C)c2cccc(C)c2C)c2cccc(C)c2C)c1C. The Kier molecular flexibility index (Phi) is 9.43. The lowest BCUT2D eigenvalue weighted by Crippen LogP contribution is -2.29. The predicted molar refractivity (Wildman–Crippen MR) is 207 cm³/mol. The molecule has 46 heavy (non-hydrogen) atoms. The van der Waals surface area contributed by atoms with Gasteiger partial charge in [0.25, 0.3) is 0 Å². The second kappa shape index (κ2) is 13.5. The van der Waals surface area contributed by atoms with Crippen molar-refractivity contribution in [2.45, 2.75) is 55.4 Å². The zero-order chi connectivity index (χ0) is 32.5. The summed E-state index contributed by atoms with van der Waals surface area (Å²) in [4.78, 5) is 0. The van der Waals surface area contributed by atoms with Crippen molar-refractivity contribution in [1.29, 1.82) is 0 Å². The summed E-state index contributed by atoms with van der Waals surface area (Å²) in [6, 6.07) is 46.0. The number of aryl methyl sites for hydroxylation is 4. The summed E-state index contributed by atoms with van der Waals surface area (Å²) < 4.78 is 0. The van der Waals surface area contributed by atoms with Gasteiger partial charge in [-0.1, -0.05) is 121 Å². The second-order valence-electron chi connectivity index (χ2n) is 12.6. The summed E-state index contributed by atoms with van der Waals surface area (Å²) in [5, 5.41) is 8.62. The fourth-order valence-electron chi connectivity index (χ4n) is 6.48. The first-order valence-corrected chi connectivity index (χ1v) is 18.9. The number of rotatable bonds is 7. The molecule has 0 aliphatic heterocycles. The number of hydrogen-bond acceptors (Lipinski definition) is 0. The molecule has 0 aliphatic rings. The third-order valence-corrected chi connectivity index (χ3v) is 15.5. The Labute approximate surface area is 279 Å². The van der Waals surface area contributed by atoms with E-state index in [1.807, 2.05) is 0 Å². The minimum absolute atomic E-state index is 0.820. The van der Waals surface area contributed by atoms with E-state index in [1.165, 1.54) is 87.5 Å². The molecule has 0 saturated heterocycles. The summed E-state index contributed by atoms with van der Waals surface area (Å²) in [6.07, 6.45) is 0. The first kappa shape index (κ1) is 32.1. The fourth-order valence-corrected chi connectivity index (χ4v) is 12.4. The van der Waals surface area contributed by atoms with Gasteiger partial charge in [-0.05, 0) is 159 Å². The molecular formula is C44H44P2. The van der Waals surface area contributed by atoms with Gasteiger partial charge in [0, 0.05) is 0 Å². The highest BCUT2D eigenvalue weighted by atomic mass is 31.1. The number of hydrogen-bond donors (Lipinski definition) is 0. The quantitative estimate of drug-likeness (QED) is 0.154. The largest absolute Gasteiger partial charge is 0.0616 e. The molecule has 0 amide bonds. The molecule has 0 unspecified atom stereocenters. The van der Waals surface area contributed by atoms with Crippen molar-refractivity contribution in [2.75, 3.05) is 0 Å². The smallest absolute Gasteiger partial charge is 0.00722 e. The highest BCUT2D eigenvalue weighted by Crippen LogP contribution is 2.43. The lowest BCUT2D eigenvalue weighted by Gasteiger charge is -2.29. The normalized spacial score (nSPS) is 11.4. The monoisotopic (exact) mass is 634 g/mol. The van der Waals surface area contributed by atoms with Gasteiger partial charge < -0.3 is 0 Å². The van der Waals surface area contributed by atoms with Crippen molar-refractivity contribution in [3.8, 4) is 11.1 Å². The van der Waals surface area contributed by atoms with Crippen molar-refractivity contribution in [1.82, 2.24) is 0 Å². The van der Waals surface area contributed by atoms with Crippen LogP contribution < -0.4 is 31.8 Å². The van der Waals surface area contributed by atoms with Crippen LogP contribution in [0.2, 0.25) is 0 Å². The van der Waals surface area contributed by atoms with Crippen LogP contribution in [-0.4, -0.2) is 0 Å². The predicted octanol–water partition coefficient (Wildman–Crippen LogP) is 9.34. The molecular weight excluding hydrogens is 590 g/mol. The molecule has 0 spiro atoms. The van der Waals surface area contributed by atoms with Gasteiger partial charge in [-0.3, -0.25) is 0 Å². The maximum absolute atomic E-state index is 2.40. The van der Waals surface area contributed by atoms with Gasteiger partial charge in [0.15, 0.2) is 0 Å². The Morgan fingerprint density at radius 3 is 0.783 bits per heavy atom. The van der Waals surface area contributed by atoms with Crippen LogP contribution >= 0.6 is 15.8 Å². The van der Waals surface area contributed by atoms with Gasteiger partial charge >= 0.3 is 0 Å². The summed E-state index contributed by atoms with van der Waals surface area (Å²) in [7, 11) is -1.64. The molecule has 0 bridgehead atoms. The van der Waals surface area contributed by atoms with E-state index >= 15 is 0 Å². The van der Waals surface area contributed by atoms with Crippen molar-refractivity contribution in [2.24, 2.45) is 0 Å². The van der Waals surface area contributed by atoms with Crippen LogP contribution in [0.15, 0.2) is 121 Å². The molecule has 6 rings (SSSR count). The van der Waals surface area contributed by atoms with E-state index in [0.717, 1.165) is 0 Å². The molecule has 2 heteroatoms. The topological polar surface area (TPSA) is 0 Å². The van der Waals surface area contributed by atoms with Gasteiger partial charge in [-0.25, -0.2) is 0 Å². The summed E-state index contributed by atoms with van der Waals surface area (Å²) in [5.74, 6) is 0. The molecule has 6 aromatic rings. The van der Waals surface area contributed by atoms with Gasteiger partial charge in [-0.15, -0.1) is 0 Å². The highest BCUT2D eigenvalue weighted by Gasteiger charge is 2.28. The average Bonchev–Trinajstić information content (AvgIpc) is 3.06. The third-order valence-electron chi connectivity index (χ3n) is 9.85. The van der Waals surface area contributed by atoms with Crippen LogP contribution in [0, 0.1) is 55.4 Å². The molecule has 230 valence electrons. The van der Waals surface area contributed by atoms with E-state index in [-0.39, 0.29) is 0 Å². The van der Waals surface area contributed by atoms with Crippen LogP contribution in [0.1, 0.15) is 44.5 Å². The van der Waals surface area contributed by atoms with Gasteiger partial charge in [0.2, 0.25) is 0 Å². The zero-order valence-corrected chi connectivity index (χ0v) is 30.2. The summed E-state index contributed by atoms with van der Waals surface area (Å²) in [6.45, 7) is 18.2. The molecule has 0 atom stereocenters. The minimum Gasteiger partial charge on any atom is -0.0616 e.